The van der Waals surface area contributed by atoms with Crippen molar-refractivity contribution in [3.63, 3.8) is 0 Å². The molecule has 3 aromatic rings. The molecule has 0 unspecified atom stereocenters. The maximum absolute atomic E-state index is 13.6. The molecule has 0 heterocycles. The van der Waals surface area contributed by atoms with Crippen LogP contribution in [0.1, 0.15) is 33.8 Å². The summed E-state index contributed by atoms with van der Waals surface area (Å²) in [4.78, 5) is 27.1. The third-order valence-electron chi connectivity index (χ3n) is 5.18. The number of amides is 1. The molecule has 0 bridgehead atoms. The largest absolute Gasteiger partial charge is 0.341 e. The summed E-state index contributed by atoms with van der Waals surface area (Å²) in [5.41, 5.74) is 1.81. The molecule has 3 rings (SSSR count). The number of aldehydes is 1. The van der Waals surface area contributed by atoms with Gasteiger partial charge in [-0.1, -0.05) is 53.5 Å². The summed E-state index contributed by atoms with van der Waals surface area (Å²) in [5, 5.41) is 12.1. The molecule has 0 aliphatic heterocycles. The second-order valence-corrected chi connectivity index (χ2v) is 8.75. The first kappa shape index (κ1) is 23.1. The fourth-order valence-corrected chi connectivity index (χ4v) is 4.67. The minimum atomic E-state index is -0.232. The Bertz CT molecular complexity index is 1190. The number of carbonyl (C=O) groups excluding carboxylic acids is 2. The lowest BCUT2D eigenvalue weighted by Gasteiger charge is -2.25. The molecule has 3 aromatic carbocycles. The molecule has 31 heavy (non-hydrogen) atoms. The molecule has 0 fully saturated rings. The SMILES string of the molecule is CSc1c(C#N)cc2ccccc2c1C(=O)N(C)C[C@@H](CC=O)c1ccc(Cl)c(Cl)c1. The van der Waals surface area contributed by atoms with Gasteiger partial charge in [0.2, 0.25) is 0 Å². The molecule has 0 saturated carbocycles. The lowest BCUT2D eigenvalue weighted by molar-refractivity contribution is -0.108. The Labute approximate surface area is 195 Å². The Balaban J connectivity index is 2.02. The highest BCUT2D eigenvalue weighted by Gasteiger charge is 2.24. The Morgan fingerprint density at radius 2 is 1.94 bits per heavy atom. The predicted octanol–water partition coefficient (Wildman–Crippen LogP) is 6.18. The highest BCUT2D eigenvalue weighted by atomic mass is 35.5. The summed E-state index contributed by atoms with van der Waals surface area (Å²) >= 11 is 13.6. The molecular formula is C24H20Cl2N2O2S. The van der Waals surface area contributed by atoms with E-state index in [2.05, 4.69) is 6.07 Å². The van der Waals surface area contributed by atoms with Crippen molar-refractivity contribution < 1.29 is 9.59 Å². The second-order valence-electron chi connectivity index (χ2n) is 7.12. The van der Waals surface area contributed by atoms with Crippen molar-refractivity contribution >= 4 is 57.9 Å². The molecule has 0 aromatic heterocycles. The smallest absolute Gasteiger partial charge is 0.255 e. The first-order valence-electron chi connectivity index (χ1n) is 9.55. The van der Waals surface area contributed by atoms with E-state index in [1.807, 2.05) is 42.7 Å². The molecule has 7 heteroatoms. The molecule has 0 aliphatic carbocycles. The van der Waals surface area contributed by atoms with Crippen LogP contribution in [0.2, 0.25) is 10.0 Å². The zero-order valence-corrected chi connectivity index (χ0v) is 19.4. The van der Waals surface area contributed by atoms with Crippen LogP contribution in [0, 0.1) is 11.3 Å². The van der Waals surface area contributed by atoms with Gasteiger partial charge in [0.25, 0.3) is 5.91 Å². The maximum Gasteiger partial charge on any atom is 0.255 e. The average Bonchev–Trinajstić information content (AvgIpc) is 2.78. The normalized spacial score (nSPS) is 11.7. The standard InChI is InChI=1S/C24H20Cl2N2O2S/c1-28(14-17(9-10-29)15-7-8-20(25)21(26)12-15)24(30)22-19-6-4-3-5-16(19)11-18(13-27)23(22)31-2/h3-8,10-12,17H,9,14H2,1-2H3/t17-/m1/s1. The van der Waals surface area contributed by atoms with Crippen LogP contribution in [0.3, 0.4) is 0 Å². The zero-order chi connectivity index (χ0) is 22.5. The van der Waals surface area contributed by atoms with Gasteiger partial charge in [0, 0.05) is 30.8 Å². The van der Waals surface area contributed by atoms with Crippen molar-refractivity contribution in [2.24, 2.45) is 0 Å². The van der Waals surface area contributed by atoms with Crippen molar-refractivity contribution in [1.29, 1.82) is 5.26 Å². The third kappa shape index (κ3) is 4.88. The summed E-state index contributed by atoms with van der Waals surface area (Å²) in [5.74, 6) is -0.432. The van der Waals surface area contributed by atoms with Crippen LogP contribution in [0.4, 0.5) is 0 Å². The van der Waals surface area contributed by atoms with Crippen LogP contribution in [0.15, 0.2) is 53.4 Å². The van der Waals surface area contributed by atoms with E-state index in [4.69, 9.17) is 23.2 Å². The second kappa shape index (κ2) is 10.2. The van der Waals surface area contributed by atoms with Crippen LogP contribution in [0.5, 0.6) is 0 Å². The Hall–Kier alpha value is -2.52. The van der Waals surface area contributed by atoms with Gasteiger partial charge in [0.15, 0.2) is 0 Å². The van der Waals surface area contributed by atoms with Gasteiger partial charge in [0.1, 0.15) is 12.4 Å². The number of carbonyl (C=O) groups is 2. The van der Waals surface area contributed by atoms with E-state index in [0.717, 1.165) is 22.6 Å². The van der Waals surface area contributed by atoms with Crippen LogP contribution >= 0.6 is 35.0 Å². The van der Waals surface area contributed by atoms with Crippen LogP contribution in [-0.2, 0) is 4.79 Å². The van der Waals surface area contributed by atoms with Crippen molar-refractivity contribution in [2.75, 3.05) is 19.8 Å². The summed E-state index contributed by atoms with van der Waals surface area (Å²) in [7, 11) is 1.70. The van der Waals surface area contributed by atoms with Gasteiger partial charge in [-0.05, 0) is 40.8 Å². The third-order valence-corrected chi connectivity index (χ3v) is 6.75. The number of nitriles is 1. The molecule has 4 nitrogen and oxygen atoms in total. The van der Waals surface area contributed by atoms with E-state index in [-0.39, 0.29) is 18.2 Å². The predicted molar refractivity (Wildman–Crippen MR) is 127 cm³/mol. The summed E-state index contributed by atoms with van der Waals surface area (Å²) in [6.07, 6.45) is 2.93. The van der Waals surface area contributed by atoms with E-state index in [0.29, 0.717) is 32.6 Å². The summed E-state index contributed by atoms with van der Waals surface area (Å²) in [6.45, 7) is 0.314. The monoisotopic (exact) mass is 470 g/mol. The highest BCUT2D eigenvalue weighted by Crippen LogP contribution is 2.34. The van der Waals surface area contributed by atoms with Gasteiger partial charge in [0.05, 0.1) is 21.2 Å². The van der Waals surface area contributed by atoms with Crippen molar-refractivity contribution in [1.82, 2.24) is 4.90 Å². The van der Waals surface area contributed by atoms with Gasteiger partial charge in [-0.15, -0.1) is 11.8 Å². The topological polar surface area (TPSA) is 61.2 Å². The van der Waals surface area contributed by atoms with Crippen molar-refractivity contribution in [3.8, 4) is 6.07 Å². The molecule has 0 aliphatic rings. The van der Waals surface area contributed by atoms with Gasteiger partial charge in [-0.2, -0.15) is 5.26 Å². The fourth-order valence-electron chi connectivity index (χ4n) is 3.64. The number of fused-ring (bicyclic) bond motifs is 1. The number of rotatable bonds is 7. The first-order chi connectivity index (χ1) is 14.9. The molecule has 158 valence electrons. The van der Waals surface area contributed by atoms with E-state index in [1.54, 1.807) is 24.1 Å². The fraction of sp³-hybridized carbons (Fsp3) is 0.208. The lowest BCUT2D eigenvalue weighted by atomic mass is 9.95. The minimum Gasteiger partial charge on any atom is -0.341 e. The van der Waals surface area contributed by atoms with Gasteiger partial charge < -0.3 is 9.69 Å². The summed E-state index contributed by atoms with van der Waals surface area (Å²) in [6, 6.07) is 16.8. The van der Waals surface area contributed by atoms with Crippen LogP contribution in [0.25, 0.3) is 10.8 Å². The van der Waals surface area contributed by atoms with E-state index in [9.17, 15) is 14.9 Å². The molecule has 0 N–H and O–H groups in total. The number of likely N-dealkylation sites (N-methyl/N-ethyl adjacent to an activating group) is 1. The van der Waals surface area contributed by atoms with Gasteiger partial charge >= 0.3 is 0 Å². The number of nitrogens with zero attached hydrogens (tertiary/aromatic N) is 2. The number of thioether (sulfide) groups is 1. The molecule has 1 amide bonds. The highest BCUT2D eigenvalue weighted by molar-refractivity contribution is 7.98. The Morgan fingerprint density at radius 3 is 2.58 bits per heavy atom. The average molecular weight is 471 g/mol. The Morgan fingerprint density at radius 1 is 1.19 bits per heavy atom. The van der Waals surface area contributed by atoms with Crippen LogP contribution in [-0.4, -0.2) is 36.9 Å². The number of hydrogen-bond donors (Lipinski definition) is 0. The van der Waals surface area contributed by atoms with Crippen molar-refractivity contribution in [2.45, 2.75) is 17.2 Å². The molecule has 0 saturated heterocycles. The molecule has 0 spiro atoms. The van der Waals surface area contributed by atoms with Gasteiger partial charge in [-0.25, -0.2) is 0 Å². The molecule has 1 atom stereocenters. The Kier molecular flexibility index (Phi) is 7.61. The lowest BCUT2D eigenvalue weighted by Crippen LogP contribution is -2.32. The van der Waals surface area contributed by atoms with Gasteiger partial charge in [-0.3, -0.25) is 4.79 Å². The minimum absolute atomic E-state index is 0.200. The zero-order valence-electron chi connectivity index (χ0n) is 17.1. The van der Waals surface area contributed by atoms with E-state index in [1.165, 1.54) is 11.8 Å². The summed E-state index contributed by atoms with van der Waals surface area (Å²) < 4.78 is 0. The molecule has 0 radical (unpaired) electrons. The maximum atomic E-state index is 13.6. The number of benzene rings is 3. The van der Waals surface area contributed by atoms with Crippen LogP contribution < -0.4 is 0 Å². The first-order valence-corrected chi connectivity index (χ1v) is 11.5. The van der Waals surface area contributed by atoms with E-state index < -0.39 is 0 Å². The quantitative estimate of drug-likeness (QED) is 0.305. The number of halogens is 2. The number of hydrogen-bond acceptors (Lipinski definition) is 4. The molecular weight excluding hydrogens is 451 g/mol. The van der Waals surface area contributed by atoms with Crippen molar-refractivity contribution in [3.05, 3.63) is 75.3 Å². The van der Waals surface area contributed by atoms with E-state index >= 15 is 0 Å².